The molecular formula is C22H30O5. The number of ether oxygens (including phenoxy) is 2. The summed E-state index contributed by atoms with van der Waals surface area (Å²) in [5.41, 5.74) is -0.930. The number of carbonyl (C=O) groups is 3. The quantitative estimate of drug-likeness (QED) is 0.325. The Balaban J connectivity index is 2.01. The first-order chi connectivity index (χ1) is 13.0. The van der Waals surface area contributed by atoms with Crippen molar-refractivity contribution in [2.24, 2.45) is 5.92 Å². The zero-order chi connectivity index (χ0) is 19.7. The molecule has 0 N–H and O–H groups in total. The number of carbonyl (C=O) groups excluding carboxylic acids is 3. The van der Waals surface area contributed by atoms with Gasteiger partial charge in [-0.1, -0.05) is 38.0 Å². The van der Waals surface area contributed by atoms with Crippen molar-refractivity contribution in [3.63, 3.8) is 0 Å². The van der Waals surface area contributed by atoms with Gasteiger partial charge in [0.25, 0.3) is 0 Å². The van der Waals surface area contributed by atoms with Gasteiger partial charge in [-0.25, -0.2) is 0 Å². The Kier molecular flexibility index (Phi) is 8.01. The molecule has 1 aliphatic heterocycles. The molecule has 27 heavy (non-hydrogen) atoms. The number of cyclic esters (lactones) is 1. The minimum absolute atomic E-state index is 0.0382. The molecule has 0 bridgehead atoms. The molecule has 2 aliphatic rings. The van der Waals surface area contributed by atoms with Gasteiger partial charge in [-0.3, -0.25) is 14.4 Å². The van der Waals surface area contributed by atoms with Crippen molar-refractivity contribution in [1.82, 2.24) is 0 Å². The number of allylic oxidation sites excluding steroid dienone is 3. The van der Waals surface area contributed by atoms with Crippen LogP contribution in [-0.2, 0) is 23.9 Å². The van der Waals surface area contributed by atoms with Crippen LogP contribution in [0.3, 0.4) is 0 Å². The molecule has 1 saturated heterocycles. The zero-order valence-electron chi connectivity index (χ0n) is 16.3. The number of hydrogen-bond acceptors (Lipinski definition) is 5. The Hall–Kier alpha value is -2.17. The summed E-state index contributed by atoms with van der Waals surface area (Å²) in [5.74, 6) is -1.07. The van der Waals surface area contributed by atoms with E-state index in [1.165, 1.54) is 25.8 Å². The summed E-state index contributed by atoms with van der Waals surface area (Å²) < 4.78 is 10.8. The predicted octanol–water partition coefficient (Wildman–Crippen LogP) is 4.22. The fraction of sp³-hybridized carbons (Fsp3) is 0.591. The minimum atomic E-state index is -0.930. The number of unbranched alkanes of at least 4 members (excludes halogenated alkanes) is 3. The van der Waals surface area contributed by atoms with Crippen LogP contribution in [0.25, 0.3) is 0 Å². The van der Waals surface area contributed by atoms with Crippen molar-refractivity contribution >= 4 is 17.7 Å². The highest BCUT2D eigenvalue weighted by Crippen LogP contribution is 2.37. The third-order valence-electron chi connectivity index (χ3n) is 5.01. The summed E-state index contributed by atoms with van der Waals surface area (Å²) in [7, 11) is 0. The predicted molar refractivity (Wildman–Crippen MR) is 103 cm³/mol. The van der Waals surface area contributed by atoms with Crippen molar-refractivity contribution in [2.75, 3.05) is 0 Å². The normalized spacial score (nSPS) is 27.8. The Morgan fingerprint density at radius 3 is 2.78 bits per heavy atom. The molecular weight excluding hydrogens is 344 g/mol. The van der Waals surface area contributed by atoms with Crippen molar-refractivity contribution in [1.29, 1.82) is 0 Å². The first-order valence-electron chi connectivity index (χ1n) is 9.90. The van der Waals surface area contributed by atoms with E-state index in [0.29, 0.717) is 25.7 Å². The molecule has 5 nitrogen and oxygen atoms in total. The van der Waals surface area contributed by atoms with Gasteiger partial charge in [0.15, 0.2) is 5.78 Å². The van der Waals surface area contributed by atoms with Crippen LogP contribution in [0.4, 0.5) is 0 Å². The molecule has 0 spiro atoms. The Morgan fingerprint density at radius 1 is 1.30 bits per heavy atom. The summed E-state index contributed by atoms with van der Waals surface area (Å²) in [4.78, 5) is 35.3. The van der Waals surface area contributed by atoms with E-state index in [0.717, 1.165) is 12.8 Å². The van der Waals surface area contributed by atoms with Gasteiger partial charge in [0.1, 0.15) is 11.7 Å². The lowest BCUT2D eigenvalue weighted by Crippen LogP contribution is -2.40. The number of rotatable bonds is 10. The van der Waals surface area contributed by atoms with Crippen molar-refractivity contribution in [3.05, 3.63) is 36.5 Å². The van der Waals surface area contributed by atoms with Gasteiger partial charge in [-0.15, -0.1) is 0 Å². The second kappa shape index (κ2) is 10.2. The molecule has 0 aromatic carbocycles. The molecule has 0 radical (unpaired) electrons. The smallest absolute Gasteiger partial charge is 0.306 e. The summed E-state index contributed by atoms with van der Waals surface area (Å²) in [6, 6.07) is 0. The van der Waals surface area contributed by atoms with Crippen LogP contribution >= 0.6 is 0 Å². The fourth-order valence-electron chi connectivity index (χ4n) is 3.58. The van der Waals surface area contributed by atoms with E-state index in [1.54, 1.807) is 6.08 Å². The van der Waals surface area contributed by atoms with E-state index >= 15 is 0 Å². The third kappa shape index (κ3) is 6.19. The van der Waals surface area contributed by atoms with Crippen molar-refractivity contribution in [2.45, 2.75) is 76.9 Å². The van der Waals surface area contributed by atoms with Crippen LogP contribution in [0.2, 0.25) is 0 Å². The molecule has 0 aromatic rings. The van der Waals surface area contributed by atoms with Gasteiger partial charge >= 0.3 is 11.9 Å². The standard InChI is InChI=1S/C22H30O5/c1-3-4-5-6-7-8-15-22(27-17(2)23)16-14-20(24)19(22)11-9-10-18-12-13-21(25)26-18/h7-10,14,16,18-19H,3-6,11-13,15H2,1-2H3/b8-7-,10-9-/t18-,19+,22-/m0/s1. The monoisotopic (exact) mass is 374 g/mol. The van der Waals surface area contributed by atoms with E-state index in [9.17, 15) is 14.4 Å². The maximum Gasteiger partial charge on any atom is 0.306 e. The van der Waals surface area contributed by atoms with E-state index in [2.05, 4.69) is 13.0 Å². The summed E-state index contributed by atoms with van der Waals surface area (Å²) in [5, 5.41) is 0. The second-order valence-corrected chi connectivity index (χ2v) is 7.24. The maximum absolute atomic E-state index is 12.4. The van der Waals surface area contributed by atoms with Gasteiger partial charge in [-0.05, 0) is 43.9 Å². The van der Waals surface area contributed by atoms with Crippen LogP contribution in [0.5, 0.6) is 0 Å². The van der Waals surface area contributed by atoms with E-state index in [4.69, 9.17) is 9.47 Å². The molecule has 148 valence electrons. The van der Waals surface area contributed by atoms with Gasteiger partial charge in [-0.2, -0.15) is 0 Å². The molecule has 0 saturated carbocycles. The third-order valence-corrected chi connectivity index (χ3v) is 5.01. The molecule has 0 amide bonds. The lowest BCUT2D eigenvalue weighted by molar-refractivity contribution is -0.157. The van der Waals surface area contributed by atoms with Gasteiger partial charge < -0.3 is 9.47 Å². The molecule has 3 atom stereocenters. The van der Waals surface area contributed by atoms with E-state index in [-0.39, 0.29) is 17.9 Å². The highest BCUT2D eigenvalue weighted by atomic mass is 16.6. The minimum Gasteiger partial charge on any atom is -0.458 e. The van der Waals surface area contributed by atoms with Gasteiger partial charge in [0, 0.05) is 19.8 Å². The highest BCUT2D eigenvalue weighted by molar-refractivity contribution is 5.96. The molecule has 0 unspecified atom stereocenters. The molecule has 1 fully saturated rings. The summed E-state index contributed by atoms with van der Waals surface area (Å²) in [6.45, 7) is 3.53. The summed E-state index contributed by atoms with van der Waals surface area (Å²) >= 11 is 0. The Bertz CT molecular complexity index is 631. The number of ketones is 1. The van der Waals surface area contributed by atoms with Gasteiger partial charge in [0.05, 0.1) is 5.92 Å². The number of hydrogen-bond donors (Lipinski definition) is 0. The molecule has 0 aromatic heterocycles. The lowest BCUT2D eigenvalue weighted by atomic mass is 9.83. The fourth-order valence-corrected chi connectivity index (χ4v) is 3.58. The first kappa shape index (κ1) is 21.1. The largest absolute Gasteiger partial charge is 0.458 e. The van der Waals surface area contributed by atoms with Crippen LogP contribution in [0.15, 0.2) is 36.5 Å². The topological polar surface area (TPSA) is 69.7 Å². The molecule has 1 heterocycles. The average Bonchev–Trinajstić information content (AvgIpc) is 3.16. The van der Waals surface area contributed by atoms with Crippen LogP contribution in [0, 0.1) is 5.92 Å². The molecule has 5 heteroatoms. The lowest BCUT2D eigenvalue weighted by Gasteiger charge is -2.32. The molecule has 1 aliphatic carbocycles. The summed E-state index contributed by atoms with van der Waals surface area (Å²) in [6.07, 6.45) is 17.3. The van der Waals surface area contributed by atoms with Crippen LogP contribution in [-0.4, -0.2) is 29.4 Å². The van der Waals surface area contributed by atoms with Crippen LogP contribution in [0.1, 0.15) is 65.2 Å². The maximum atomic E-state index is 12.4. The second-order valence-electron chi connectivity index (χ2n) is 7.24. The SMILES string of the molecule is CCCCC/C=C\C[C@]1(OC(C)=O)C=CC(=O)[C@H]1C/C=C\[C@H]1CCC(=O)O1. The van der Waals surface area contributed by atoms with Crippen molar-refractivity contribution in [3.8, 4) is 0 Å². The van der Waals surface area contributed by atoms with Crippen LogP contribution < -0.4 is 0 Å². The van der Waals surface area contributed by atoms with Crippen molar-refractivity contribution < 1.29 is 23.9 Å². The Morgan fingerprint density at radius 2 is 2.11 bits per heavy atom. The zero-order valence-corrected chi connectivity index (χ0v) is 16.3. The highest BCUT2D eigenvalue weighted by Gasteiger charge is 2.45. The number of esters is 2. The van der Waals surface area contributed by atoms with E-state index < -0.39 is 17.5 Å². The first-order valence-corrected chi connectivity index (χ1v) is 9.90. The average molecular weight is 374 g/mol. The van der Waals surface area contributed by atoms with Gasteiger partial charge in [0.2, 0.25) is 0 Å². The van der Waals surface area contributed by atoms with E-state index in [1.807, 2.05) is 18.2 Å². The molecule has 2 rings (SSSR count). The Labute approximate surface area is 161 Å².